The van der Waals surface area contributed by atoms with Crippen LogP contribution in [0.1, 0.15) is 38.4 Å². The lowest BCUT2D eigenvalue weighted by Gasteiger charge is -2.32. The average Bonchev–Trinajstić information content (AvgIpc) is 3.18. The maximum atomic E-state index is 12.9. The Labute approximate surface area is 123 Å². The number of nitrogens with zero attached hydrogens (tertiary/aromatic N) is 6. The molecule has 1 amide bonds. The summed E-state index contributed by atoms with van der Waals surface area (Å²) in [5, 5.41) is 4.11. The molecule has 0 aromatic carbocycles. The largest absolute Gasteiger partial charge is 0.332 e. The molecule has 1 fully saturated rings. The standard InChI is InChI=1S/C14H18N6O/c1-14(2,20-10-16-9-18-20)13(21)19-7-3-4-12(19)11-8-15-5-6-17-11/h5-6,8-10,12H,3-4,7H2,1-2H3/t12-/m1/s1. The van der Waals surface area contributed by atoms with Crippen molar-refractivity contribution in [1.29, 1.82) is 0 Å². The van der Waals surface area contributed by atoms with Crippen molar-refractivity contribution < 1.29 is 4.79 Å². The molecule has 1 saturated heterocycles. The summed E-state index contributed by atoms with van der Waals surface area (Å²) in [6.07, 6.45) is 9.95. The third kappa shape index (κ3) is 2.39. The van der Waals surface area contributed by atoms with Gasteiger partial charge in [0.1, 0.15) is 18.2 Å². The molecule has 7 nitrogen and oxygen atoms in total. The van der Waals surface area contributed by atoms with E-state index in [0.29, 0.717) is 0 Å². The fourth-order valence-electron chi connectivity index (χ4n) is 2.75. The van der Waals surface area contributed by atoms with Crippen molar-refractivity contribution in [2.75, 3.05) is 6.54 Å². The lowest BCUT2D eigenvalue weighted by molar-refractivity contribution is -0.140. The number of hydrogen-bond donors (Lipinski definition) is 0. The summed E-state index contributed by atoms with van der Waals surface area (Å²) >= 11 is 0. The quantitative estimate of drug-likeness (QED) is 0.846. The minimum Gasteiger partial charge on any atom is -0.332 e. The molecular formula is C14H18N6O. The summed E-state index contributed by atoms with van der Waals surface area (Å²) in [6.45, 7) is 4.45. The Morgan fingerprint density at radius 1 is 1.33 bits per heavy atom. The van der Waals surface area contributed by atoms with Gasteiger partial charge in [0.15, 0.2) is 0 Å². The van der Waals surface area contributed by atoms with Gasteiger partial charge < -0.3 is 4.90 Å². The van der Waals surface area contributed by atoms with Crippen LogP contribution >= 0.6 is 0 Å². The van der Waals surface area contributed by atoms with Crippen molar-refractivity contribution in [3.63, 3.8) is 0 Å². The maximum absolute atomic E-state index is 12.9. The van der Waals surface area contributed by atoms with Crippen molar-refractivity contribution >= 4 is 5.91 Å². The fourth-order valence-corrected chi connectivity index (χ4v) is 2.75. The Kier molecular flexibility index (Phi) is 3.40. The van der Waals surface area contributed by atoms with Gasteiger partial charge in [-0.3, -0.25) is 14.8 Å². The molecular weight excluding hydrogens is 268 g/mol. The topological polar surface area (TPSA) is 76.8 Å². The van der Waals surface area contributed by atoms with Crippen molar-refractivity contribution in [2.45, 2.75) is 38.3 Å². The van der Waals surface area contributed by atoms with Crippen LogP contribution in [0.5, 0.6) is 0 Å². The molecule has 110 valence electrons. The minimum atomic E-state index is -0.763. The summed E-state index contributed by atoms with van der Waals surface area (Å²) < 4.78 is 1.60. The summed E-state index contributed by atoms with van der Waals surface area (Å²) in [4.78, 5) is 27.2. The number of carbonyl (C=O) groups is 1. The van der Waals surface area contributed by atoms with Gasteiger partial charge in [-0.05, 0) is 26.7 Å². The van der Waals surface area contributed by atoms with Crippen LogP contribution in [0.2, 0.25) is 0 Å². The molecule has 0 unspecified atom stereocenters. The van der Waals surface area contributed by atoms with E-state index in [2.05, 4.69) is 20.1 Å². The molecule has 1 aliphatic heterocycles. The molecule has 3 heterocycles. The predicted octanol–water partition coefficient (Wildman–Crippen LogP) is 1.17. The highest BCUT2D eigenvalue weighted by Gasteiger charge is 2.40. The lowest BCUT2D eigenvalue weighted by atomic mass is 10.0. The van der Waals surface area contributed by atoms with Crippen molar-refractivity contribution in [1.82, 2.24) is 29.6 Å². The number of rotatable bonds is 3. The predicted molar refractivity (Wildman–Crippen MR) is 75.1 cm³/mol. The van der Waals surface area contributed by atoms with Gasteiger partial charge in [0.2, 0.25) is 0 Å². The zero-order valence-corrected chi connectivity index (χ0v) is 12.2. The number of likely N-dealkylation sites (tertiary alicyclic amines) is 1. The van der Waals surface area contributed by atoms with Gasteiger partial charge in [0.05, 0.1) is 17.9 Å². The van der Waals surface area contributed by atoms with Gasteiger partial charge >= 0.3 is 0 Å². The van der Waals surface area contributed by atoms with Crippen LogP contribution in [-0.4, -0.2) is 42.1 Å². The monoisotopic (exact) mass is 286 g/mol. The fraction of sp³-hybridized carbons (Fsp3) is 0.500. The van der Waals surface area contributed by atoms with Crippen molar-refractivity contribution in [3.05, 3.63) is 36.9 Å². The van der Waals surface area contributed by atoms with E-state index in [9.17, 15) is 4.79 Å². The average molecular weight is 286 g/mol. The number of aromatic nitrogens is 5. The van der Waals surface area contributed by atoms with Crippen LogP contribution < -0.4 is 0 Å². The summed E-state index contributed by atoms with van der Waals surface area (Å²) in [7, 11) is 0. The normalized spacial score (nSPS) is 19.0. The highest BCUT2D eigenvalue weighted by Crippen LogP contribution is 2.33. The Morgan fingerprint density at radius 2 is 2.19 bits per heavy atom. The highest BCUT2D eigenvalue weighted by atomic mass is 16.2. The van der Waals surface area contributed by atoms with Gasteiger partial charge in [-0.2, -0.15) is 5.10 Å². The van der Waals surface area contributed by atoms with E-state index in [1.165, 1.54) is 6.33 Å². The van der Waals surface area contributed by atoms with Gasteiger partial charge in [-0.1, -0.05) is 0 Å². The van der Waals surface area contributed by atoms with Crippen LogP contribution in [0.25, 0.3) is 0 Å². The third-order valence-corrected chi connectivity index (χ3v) is 3.95. The molecule has 7 heteroatoms. The Morgan fingerprint density at radius 3 is 2.86 bits per heavy atom. The summed E-state index contributed by atoms with van der Waals surface area (Å²) in [5.41, 5.74) is 0.0825. The first-order chi connectivity index (χ1) is 10.1. The minimum absolute atomic E-state index is 0.00556. The van der Waals surface area contributed by atoms with Gasteiger partial charge in [-0.25, -0.2) is 9.67 Å². The number of amides is 1. The van der Waals surface area contributed by atoms with Crippen molar-refractivity contribution in [3.8, 4) is 0 Å². The second kappa shape index (κ2) is 5.23. The molecule has 2 aromatic heterocycles. The molecule has 3 rings (SSSR count). The van der Waals surface area contributed by atoms with E-state index < -0.39 is 5.54 Å². The van der Waals surface area contributed by atoms with Crippen LogP contribution in [-0.2, 0) is 10.3 Å². The highest BCUT2D eigenvalue weighted by molar-refractivity contribution is 5.84. The van der Waals surface area contributed by atoms with E-state index in [0.717, 1.165) is 25.1 Å². The molecule has 0 N–H and O–H groups in total. The molecule has 0 radical (unpaired) electrons. The zero-order valence-electron chi connectivity index (χ0n) is 12.2. The van der Waals surface area contributed by atoms with E-state index in [1.807, 2.05) is 18.7 Å². The lowest BCUT2D eigenvalue weighted by Crippen LogP contribution is -2.47. The molecule has 0 spiro atoms. The first-order valence-corrected chi connectivity index (χ1v) is 7.03. The second-order valence-corrected chi connectivity index (χ2v) is 5.69. The number of hydrogen-bond acceptors (Lipinski definition) is 5. The summed E-state index contributed by atoms with van der Waals surface area (Å²) in [6, 6.07) is -0.00556. The van der Waals surface area contributed by atoms with E-state index >= 15 is 0 Å². The number of carbonyl (C=O) groups excluding carboxylic acids is 1. The molecule has 0 aliphatic carbocycles. The Balaban J connectivity index is 1.87. The molecule has 1 aliphatic rings. The van der Waals surface area contributed by atoms with Crippen molar-refractivity contribution in [2.24, 2.45) is 0 Å². The van der Waals surface area contributed by atoms with Gasteiger partial charge in [-0.15, -0.1) is 0 Å². The first-order valence-electron chi connectivity index (χ1n) is 7.03. The van der Waals surface area contributed by atoms with Crippen LogP contribution in [0.4, 0.5) is 0 Å². The molecule has 21 heavy (non-hydrogen) atoms. The van der Waals surface area contributed by atoms with Crippen LogP contribution in [0.3, 0.4) is 0 Å². The SMILES string of the molecule is CC(C)(C(=O)N1CCC[C@@H]1c1cnccn1)n1cncn1. The van der Waals surface area contributed by atoms with E-state index in [1.54, 1.807) is 29.6 Å². The van der Waals surface area contributed by atoms with Gasteiger partial charge in [0, 0.05) is 18.9 Å². The summed E-state index contributed by atoms with van der Waals surface area (Å²) in [5.74, 6) is 0.0288. The third-order valence-electron chi connectivity index (χ3n) is 3.95. The van der Waals surface area contributed by atoms with Gasteiger partial charge in [0.25, 0.3) is 5.91 Å². The van der Waals surface area contributed by atoms with E-state index in [4.69, 9.17) is 0 Å². The van der Waals surface area contributed by atoms with Crippen LogP contribution in [0.15, 0.2) is 31.2 Å². The Hall–Kier alpha value is -2.31. The maximum Gasteiger partial charge on any atom is 0.250 e. The first kappa shape index (κ1) is 13.7. The smallest absolute Gasteiger partial charge is 0.250 e. The molecule has 1 atom stereocenters. The van der Waals surface area contributed by atoms with Crippen LogP contribution in [0, 0.1) is 0 Å². The second-order valence-electron chi connectivity index (χ2n) is 5.69. The van der Waals surface area contributed by atoms with E-state index in [-0.39, 0.29) is 11.9 Å². The Bertz CT molecular complexity index is 610. The molecule has 0 bridgehead atoms. The molecule has 2 aromatic rings. The molecule has 0 saturated carbocycles. The zero-order chi connectivity index (χ0) is 14.9.